The highest BCUT2D eigenvalue weighted by Crippen LogP contribution is 2.32. The number of hydrogen-bond acceptors (Lipinski definition) is 4. The first-order chi connectivity index (χ1) is 13.6. The van der Waals surface area contributed by atoms with Crippen LogP contribution >= 0.6 is 0 Å². The normalized spacial score (nSPS) is 24.0. The van der Waals surface area contributed by atoms with Crippen LogP contribution in [0.3, 0.4) is 0 Å². The smallest absolute Gasteiger partial charge is 0.347 e. The molecule has 6 heteroatoms. The van der Waals surface area contributed by atoms with E-state index in [-0.39, 0.29) is 18.0 Å². The largest absolute Gasteiger partial charge is 0.478 e. The third-order valence-corrected chi connectivity index (χ3v) is 5.54. The van der Waals surface area contributed by atoms with Gasteiger partial charge in [-0.3, -0.25) is 0 Å². The lowest BCUT2D eigenvalue weighted by Gasteiger charge is -2.38. The Balaban J connectivity index is 1.48. The number of nitrogens with two attached hydrogens (primary N) is 1. The summed E-state index contributed by atoms with van der Waals surface area (Å²) < 4.78 is 11.8. The van der Waals surface area contributed by atoms with Crippen LogP contribution in [0.15, 0.2) is 54.6 Å². The zero-order valence-corrected chi connectivity index (χ0v) is 15.6. The van der Waals surface area contributed by atoms with Crippen LogP contribution in [0.1, 0.15) is 29.9 Å². The maximum Gasteiger partial charge on any atom is 0.347 e. The van der Waals surface area contributed by atoms with E-state index in [9.17, 15) is 9.59 Å². The molecular weight excluding hydrogens is 356 g/mol. The molecule has 0 bridgehead atoms. The summed E-state index contributed by atoms with van der Waals surface area (Å²) in [6.07, 6.45) is 1.04. The predicted molar refractivity (Wildman–Crippen MR) is 104 cm³/mol. The second-order valence-corrected chi connectivity index (χ2v) is 7.32. The van der Waals surface area contributed by atoms with Gasteiger partial charge in [0.2, 0.25) is 0 Å². The van der Waals surface area contributed by atoms with Crippen LogP contribution in [0.25, 0.3) is 0 Å². The van der Waals surface area contributed by atoms with Crippen molar-refractivity contribution in [2.24, 2.45) is 5.73 Å². The van der Waals surface area contributed by atoms with E-state index in [1.54, 1.807) is 4.90 Å². The topological polar surface area (TPSA) is 81.9 Å². The molecule has 2 N–H and O–H groups in total. The number of amides is 2. The lowest BCUT2D eigenvalue weighted by molar-refractivity contribution is -0.161. The van der Waals surface area contributed by atoms with Crippen LogP contribution in [0, 0.1) is 0 Å². The summed E-state index contributed by atoms with van der Waals surface area (Å²) in [7, 11) is 0. The number of carbonyl (C=O) groups excluding carboxylic acids is 2. The van der Waals surface area contributed by atoms with Crippen molar-refractivity contribution in [3.05, 3.63) is 65.7 Å². The Morgan fingerprint density at radius 3 is 2.57 bits per heavy atom. The number of nitrogens with zero attached hydrogens (tertiary/aromatic N) is 1. The molecule has 146 valence electrons. The number of carbonyl (C=O) groups is 2. The van der Waals surface area contributed by atoms with Gasteiger partial charge in [-0.25, -0.2) is 9.59 Å². The van der Waals surface area contributed by atoms with Gasteiger partial charge >= 0.3 is 12.0 Å². The molecule has 0 aliphatic carbocycles. The SMILES string of the molecule is NC(=O)N1CCC(OC(=O)C2CCc3ccccc3O2)C(c2ccccc2)C1. The van der Waals surface area contributed by atoms with Crippen LogP contribution in [0.2, 0.25) is 0 Å². The molecule has 2 aliphatic heterocycles. The van der Waals surface area contributed by atoms with Gasteiger partial charge in [-0.1, -0.05) is 48.5 Å². The first-order valence-corrected chi connectivity index (χ1v) is 9.66. The highest BCUT2D eigenvalue weighted by Gasteiger charge is 2.37. The zero-order valence-electron chi connectivity index (χ0n) is 15.6. The molecule has 0 aromatic heterocycles. The van der Waals surface area contributed by atoms with Gasteiger partial charge in [0.15, 0.2) is 6.10 Å². The van der Waals surface area contributed by atoms with Gasteiger partial charge in [0.25, 0.3) is 0 Å². The lowest BCUT2D eigenvalue weighted by Crippen LogP contribution is -2.49. The van der Waals surface area contributed by atoms with Gasteiger partial charge in [-0.2, -0.15) is 0 Å². The van der Waals surface area contributed by atoms with Gasteiger partial charge < -0.3 is 20.1 Å². The third kappa shape index (κ3) is 3.81. The van der Waals surface area contributed by atoms with Crippen LogP contribution < -0.4 is 10.5 Å². The summed E-state index contributed by atoms with van der Waals surface area (Å²) in [5.41, 5.74) is 7.62. The molecule has 0 saturated carbocycles. The van der Waals surface area contributed by atoms with Crippen LogP contribution in [-0.4, -0.2) is 42.2 Å². The second-order valence-electron chi connectivity index (χ2n) is 7.32. The van der Waals surface area contributed by atoms with Crippen LogP contribution in [-0.2, 0) is 16.0 Å². The van der Waals surface area contributed by atoms with E-state index in [1.807, 2.05) is 54.6 Å². The Labute approximate surface area is 164 Å². The summed E-state index contributed by atoms with van der Waals surface area (Å²) in [6, 6.07) is 17.1. The van der Waals surface area contributed by atoms with Crippen molar-refractivity contribution in [2.45, 2.75) is 37.4 Å². The number of para-hydroxylation sites is 1. The Morgan fingerprint density at radius 2 is 1.79 bits per heavy atom. The number of hydrogen-bond donors (Lipinski definition) is 1. The molecule has 28 heavy (non-hydrogen) atoms. The molecule has 2 aromatic carbocycles. The van der Waals surface area contributed by atoms with E-state index in [1.165, 1.54) is 0 Å². The monoisotopic (exact) mass is 380 g/mol. The zero-order chi connectivity index (χ0) is 19.5. The van der Waals surface area contributed by atoms with E-state index in [0.717, 1.165) is 23.3 Å². The number of benzene rings is 2. The van der Waals surface area contributed by atoms with Gasteiger partial charge in [0.1, 0.15) is 11.9 Å². The maximum absolute atomic E-state index is 12.8. The minimum Gasteiger partial charge on any atom is -0.478 e. The van der Waals surface area contributed by atoms with Gasteiger partial charge in [-0.05, 0) is 30.0 Å². The Morgan fingerprint density at radius 1 is 1.04 bits per heavy atom. The van der Waals surface area contributed by atoms with Crippen molar-refractivity contribution in [1.29, 1.82) is 0 Å². The number of likely N-dealkylation sites (tertiary alicyclic amines) is 1. The third-order valence-electron chi connectivity index (χ3n) is 5.54. The summed E-state index contributed by atoms with van der Waals surface area (Å²) in [5, 5.41) is 0. The Kier molecular flexibility index (Phi) is 5.19. The maximum atomic E-state index is 12.8. The minimum atomic E-state index is -0.597. The standard InChI is InChI=1S/C22H24N2O4/c23-22(26)24-13-12-19(17(14-24)15-6-2-1-3-7-15)28-21(25)20-11-10-16-8-4-5-9-18(16)27-20/h1-9,17,19-20H,10-14H2,(H2,23,26). The van der Waals surface area contributed by atoms with Crippen molar-refractivity contribution >= 4 is 12.0 Å². The molecule has 1 saturated heterocycles. The minimum absolute atomic E-state index is 0.109. The van der Waals surface area contributed by atoms with Crippen molar-refractivity contribution in [1.82, 2.24) is 4.90 Å². The summed E-state index contributed by atoms with van der Waals surface area (Å²) in [6.45, 7) is 0.913. The number of fused-ring (bicyclic) bond motifs is 1. The van der Waals surface area contributed by atoms with Crippen LogP contribution in [0.5, 0.6) is 5.75 Å². The van der Waals surface area contributed by atoms with E-state index < -0.39 is 12.1 Å². The number of ether oxygens (including phenoxy) is 2. The number of piperidine rings is 1. The molecule has 2 aliphatic rings. The van der Waals surface area contributed by atoms with E-state index in [4.69, 9.17) is 15.2 Å². The Bertz CT molecular complexity index is 855. The summed E-state index contributed by atoms with van der Waals surface area (Å²) in [4.78, 5) is 26.1. The van der Waals surface area contributed by atoms with E-state index in [0.29, 0.717) is 25.9 Å². The highest BCUT2D eigenvalue weighted by atomic mass is 16.6. The molecule has 6 nitrogen and oxygen atoms in total. The van der Waals surface area contributed by atoms with Gasteiger partial charge in [-0.15, -0.1) is 0 Å². The van der Waals surface area contributed by atoms with Gasteiger partial charge in [0, 0.05) is 25.4 Å². The van der Waals surface area contributed by atoms with Crippen molar-refractivity contribution in [2.75, 3.05) is 13.1 Å². The number of aryl methyl sites for hydroxylation is 1. The number of urea groups is 1. The van der Waals surface area contributed by atoms with E-state index >= 15 is 0 Å². The molecule has 2 heterocycles. The molecule has 3 unspecified atom stereocenters. The number of primary amides is 1. The van der Waals surface area contributed by atoms with Gasteiger partial charge in [0.05, 0.1) is 0 Å². The van der Waals surface area contributed by atoms with Crippen molar-refractivity contribution in [3.8, 4) is 5.75 Å². The molecule has 3 atom stereocenters. The number of rotatable bonds is 3. The second kappa shape index (κ2) is 7.92. The summed E-state index contributed by atoms with van der Waals surface area (Å²) in [5.74, 6) is 0.300. The van der Waals surface area contributed by atoms with Crippen molar-refractivity contribution in [3.63, 3.8) is 0 Å². The average molecular weight is 380 g/mol. The average Bonchev–Trinajstić information content (AvgIpc) is 2.74. The fourth-order valence-corrected chi connectivity index (χ4v) is 4.01. The molecule has 0 spiro atoms. The molecule has 1 fully saturated rings. The fourth-order valence-electron chi connectivity index (χ4n) is 4.01. The molecule has 4 rings (SSSR count). The number of esters is 1. The molecule has 2 amide bonds. The highest BCUT2D eigenvalue weighted by molar-refractivity contribution is 5.76. The lowest BCUT2D eigenvalue weighted by atomic mass is 9.88. The molecule has 2 aromatic rings. The molecule has 0 radical (unpaired) electrons. The predicted octanol–water partition coefficient (Wildman–Crippen LogP) is 2.86. The Hall–Kier alpha value is -3.02. The first kappa shape index (κ1) is 18.3. The summed E-state index contributed by atoms with van der Waals surface area (Å²) >= 11 is 0. The van der Waals surface area contributed by atoms with Crippen LogP contribution in [0.4, 0.5) is 4.79 Å². The molecular formula is C22H24N2O4. The fraction of sp³-hybridized carbons (Fsp3) is 0.364. The van der Waals surface area contributed by atoms with E-state index in [2.05, 4.69) is 0 Å². The first-order valence-electron chi connectivity index (χ1n) is 9.66. The quantitative estimate of drug-likeness (QED) is 0.830. The van der Waals surface area contributed by atoms with Crippen molar-refractivity contribution < 1.29 is 19.1 Å².